The van der Waals surface area contributed by atoms with Crippen molar-refractivity contribution in [2.45, 2.75) is 6.61 Å². The molecule has 2 rings (SSSR count). The summed E-state index contributed by atoms with van der Waals surface area (Å²) in [5.74, 6) is 0.653. The minimum atomic E-state index is 0.0524. The average Bonchev–Trinajstić information content (AvgIpc) is 2.59. The summed E-state index contributed by atoms with van der Waals surface area (Å²) < 4.78 is 5.65. The molecular weight excluding hydrogens is 274 g/mol. The first-order valence-corrected chi connectivity index (χ1v) is 6.49. The average molecular weight is 285 g/mol. The Morgan fingerprint density at radius 2 is 1.64 bits per heavy atom. The molecular formula is C18H11N3O. The van der Waals surface area contributed by atoms with Gasteiger partial charge in [-0.1, -0.05) is 30.3 Å². The molecule has 0 N–H and O–H groups in total. The predicted octanol–water partition coefficient (Wildman–Crippen LogP) is 3.57. The molecule has 0 fully saturated rings. The molecule has 0 spiro atoms. The number of nitriles is 3. The smallest absolute Gasteiger partial charge is 0.130 e. The van der Waals surface area contributed by atoms with E-state index in [-0.39, 0.29) is 5.57 Å². The van der Waals surface area contributed by atoms with E-state index in [0.29, 0.717) is 17.9 Å². The molecule has 22 heavy (non-hydrogen) atoms. The highest BCUT2D eigenvalue weighted by atomic mass is 16.5. The Morgan fingerprint density at radius 3 is 2.27 bits per heavy atom. The highest BCUT2D eigenvalue weighted by Crippen LogP contribution is 2.17. The van der Waals surface area contributed by atoms with Crippen LogP contribution in [0.2, 0.25) is 0 Å². The molecule has 4 nitrogen and oxygen atoms in total. The second-order valence-electron chi connectivity index (χ2n) is 4.41. The van der Waals surface area contributed by atoms with Gasteiger partial charge in [-0.05, 0) is 29.8 Å². The first-order chi connectivity index (χ1) is 10.8. The third-order valence-corrected chi connectivity index (χ3v) is 2.96. The SMILES string of the molecule is N#CC(C#N)=Cc1ccc(OCc2ccccc2C#N)cc1. The lowest BCUT2D eigenvalue weighted by atomic mass is 10.1. The standard InChI is InChI=1S/C18H11N3O/c19-10-15(11-20)9-14-5-7-18(8-6-14)22-13-17-4-2-1-3-16(17)12-21/h1-9H,13H2. The second kappa shape index (κ2) is 7.29. The Balaban J connectivity index is 2.07. The topological polar surface area (TPSA) is 80.6 Å². The summed E-state index contributed by atoms with van der Waals surface area (Å²) >= 11 is 0. The summed E-state index contributed by atoms with van der Waals surface area (Å²) in [4.78, 5) is 0. The summed E-state index contributed by atoms with van der Waals surface area (Å²) in [7, 11) is 0. The van der Waals surface area contributed by atoms with Crippen LogP contribution in [0.15, 0.2) is 54.1 Å². The monoisotopic (exact) mass is 285 g/mol. The minimum absolute atomic E-state index is 0.0524. The van der Waals surface area contributed by atoms with Gasteiger partial charge >= 0.3 is 0 Å². The second-order valence-corrected chi connectivity index (χ2v) is 4.41. The summed E-state index contributed by atoms with van der Waals surface area (Å²) in [5, 5.41) is 26.4. The van der Waals surface area contributed by atoms with E-state index < -0.39 is 0 Å². The van der Waals surface area contributed by atoms with Crippen molar-refractivity contribution in [3.63, 3.8) is 0 Å². The van der Waals surface area contributed by atoms with Crippen LogP contribution in [0.25, 0.3) is 6.08 Å². The number of allylic oxidation sites excluding steroid dienone is 1. The van der Waals surface area contributed by atoms with Crippen LogP contribution in [0, 0.1) is 34.0 Å². The molecule has 0 aliphatic heterocycles. The highest BCUT2D eigenvalue weighted by Gasteiger charge is 2.02. The maximum Gasteiger partial charge on any atom is 0.130 e. The zero-order valence-electron chi connectivity index (χ0n) is 11.7. The third kappa shape index (κ3) is 3.73. The molecule has 0 saturated carbocycles. The molecule has 104 valence electrons. The maximum absolute atomic E-state index is 9.02. The van der Waals surface area contributed by atoms with Gasteiger partial charge in [-0.2, -0.15) is 15.8 Å². The molecule has 0 amide bonds. The van der Waals surface area contributed by atoms with Crippen LogP contribution >= 0.6 is 0 Å². The largest absolute Gasteiger partial charge is 0.489 e. The van der Waals surface area contributed by atoms with Crippen LogP contribution in [0.3, 0.4) is 0 Å². The van der Waals surface area contributed by atoms with E-state index in [1.807, 2.05) is 30.3 Å². The molecule has 0 atom stereocenters. The van der Waals surface area contributed by atoms with Crippen molar-refractivity contribution in [2.75, 3.05) is 0 Å². The molecule has 0 heterocycles. The Hall–Kier alpha value is -3.55. The van der Waals surface area contributed by atoms with Gasteiger partial charge in [0, 0.05) is 5.56 Å². The van der Waals surface area contributed by atoms with E-state index in [4.69, 9.17) is 20.5 Å². The fraction of sp³-hybridized carbons (Fsp3) is 0.0556. The van der Waals surface area contributed by atoms with Crippen LogP contribution in [0.5, 0.6) is 5.75 Å². The lowest BCUT2D eigenvalue weighted by Gasteiger charge is -2.07. The van der Waals surface area contributed by atoms with Gasteiger partial charge in [-0.25, -0.2) is 0 Å². The fourth-order valence-electron chi connectivity index (χ4n) is 1.83. The van der Waals surface area contributed by atoms with Crippen molar-refractivity contribution in [2.24, 2.45) is 0 Å². The van der Waals surface area contributed by atoms with Crippen LogP contribution in [-0.2, 0) is 6.61 Å². The van der Waals surface area contributed by atoms with Crippen molar-refractivity contribution in [3.8, 4) is 24.0 Å². The highest BCUT2D eigenvalue weighted by molar-refractivity contribution is 5.62. The maximum atomic E-state index is 9.02. The van der Waals surface area contributed by atoms with Crippen LogP contribution in [0.1, 0.15) is 16.7 Å². The van der Waals surface area contributed by atoms with Crippen molar-refractivity contribution >= 4 is 6.08 Å². The van der Waals surface area contributed by atoms with Gasteiger partial charge in [0.1, 0.15) is 30.1 Å². The van der Waals surface area contributed by atoms with Gasteiger partial charge < -0.3 is 4.74 Å². The Bertz CT molecular complexity index is 799. The number of rotatable bonds is 4. The minimum Gasteiger partial charge on any atom is -0.489 e. The van der Waals surface area contributed by atoms with Gasteiger partial charge in [0.15, 0.2) is 0 Å². The van der Waals surface area contributed by atoms with E-state index in [2.05, 4.69) is 6.07 Å². The van der Waals surface area contributed by atoms with Gasteiger partial charge in [-0.15, -0.1) is 0 Å². The lowest BCUT2D eigenvalue weighted by molar-refractivity contribution is 0.306. The quantitative estimate of drug-likeness (QED) is 0.804. The molecule has 4 heteroatoms. The van der Waals surface area contributed by atoms with E-state index in [0.717, 1.165) is 11.1 Å². The third-order valence-electron chi connectivity index (χ3n) is 2.96. The molecule has 0 saturated heterocycles. The van der Waals surface area contributed by atoms with E-state index in [9.17, 15) is 0 Å². The Kier molecular flexibility index (Phi) is 4.92. The Morgan fingerprint density at radius 1 is 0.955 bits per heavy atom. The number of hydrogen-bond donors (Lipinski definition) is 0. The lowest BCUT2D eigenvalue weighted by Crippen LogP contribution is -1.97. The van der Waals surface area contributed by atoms with Gasteiger partial charge in [-0.3, -0.25) is 0 Å². The Labute approximate surface area is 128 Å². The number of ether oxygens (including phenoxy) is 1. The first-order valence-electron chi connectivity index (χ1n) is 6.49. The fourth-order valence-corrected chi connectivity index (χ4v) is 1.83. The van der Waals surface area contributed by atoms with Crippen LogP contribution < -0.4 is 4.74 Å². The molecule has 0 aromatic heterocycles. The van der Waals surface area contributed by atoms with E-state index in [1.165, 1.54) is 6.08 Å². The summed E-state index contributed by atoms with van der Waals surface area (Å²) in [5.41, 5.74) is 2.22. The zero-order valence-corrected chi connectivity index (χ0v) is 11.7. The van der Waals surface area contributed by atoms with E-state index in [1.54, 1.807) is 30.3 Å². The zero-order chi connectivity index (χ0) is 15.8. The summed E-state index contributed by atoms with van der Waals surface area (Å²) in [6.45, 7) is 0.306. The predicted molar refractivity (Wildman–Crippen MR) is 81.1 cm³/mol. The van der Waals surface area contributed by atoms with Crippen LogP contribution in [-0.4, -0.2) is 0 Å². The number of nitrogens with zero attached hydrogens (tertiary/aromatic N) is 3. The van der Waals surface area contributed by atoms with Crippen molar-refractivity contribution in [1.82, 2.24) is 0 Å². The molecule has 2 aromatic carbocycles. The summed E-state index contributed by atoms with van der Waals surface area (Å²) in [6.07, 6.45) is 1.51. The van der Waals surface area contributed by atoms with Crippen LogP contribution in [0.4, 0.5) is 0 Å². The number of benzene rings is 2. The molecule has 0 bridgehead atoms. The molecule has 0 unspecified atom stereocenters. The van der Waals surface area contributed by atoms with Gasteiger partial charge in [0.05, 0.1) is 11.6 Å². The first kappa shape index (κ1) is 14.9. The normalized spacial score (nSPS) is 8.95. The van der Waals surface area contributed by atoms with Gasteiger partial charge in [0.25, 0.3) is 0 Å². The van der Waals surface area contributed by atoms with Crippen molar-refractivity contribution in [1.29, 1.82) is 15.8 Å². The van der Waals surface area contributed by atoms with Gasteiger partial charge in [0.2, 0.25) is 0 Å². The van der Waals surface area contributed by atoms with Crippen molar-refractivity contribution < 1.29 is 4.74 Å². The molecule has 0 aliphatic carbocycles. The number of hydrogen-bond acceptors (Lipinski definition) is 4. The van der Waals surface area contributed by atoms with E-state index >= 15 is 0 Å². The van der Waals surface area contributed by atoms with Crippen molar-refractivity contribution in [3.05, 3.63) is 70.8 Å². The summed E-state index contributed by atoms with van der Waals surface area (Å²) in [6, 6.07) is 20.1. The molecule has 2 aromatic rings. The molecule has 0 aliphatic rings. The molecule has 0 radical (unpaired) electrons.